The summed E-state index contributed by atoms with van der Waals surface area (Å²) >= 11 is 0. The van der Waals surface area contributed by atoms with Crippen molar-refractivity contribution in [3.63, 3.8) is 0 Å². The highest BCUT2D eigenvalue weighted by Gasteiger charge is 2.28. The summed E-state index contributed by atoms with van der Waals surface area (Å²) in [5.74, 6) is 0. The van der Waals surface area contributed by atoms with E-state index in [1.807, 2.05) is 31.2 Å². The fourth-order valence-corrected chi connectivity index (χ4v) is 4.04. The monoisotopic (exact) mass is 282 g/mol. The average Bonchev–Trinajstić information content (AvgIpc) is 2.91. The van der Waals surface area contributed by atoms with Crippen molar-refractivity contribution in [3.8, 4) is 0 Å². The molecule has 1 aliphatic carbocycles. The first kappa shape index (κ1) is 14.3. The van der Waals surface area contributed by atoms with E-state index in [2.05, 4.69) is 10.0 Å². The molecule has 1 saturated carbocycles. The van der Waals surface area contributed by atoms with Gasteiger partial charge in [0.25, 0.3) is 0 Å². The zero-order valence-corrected chi connectivity index (χ0v) is 12.2. The number of benzene rings is 1. The number of rotatable bonds is 6. The summed E-state index contributed by atoms with van der Waals surface area (Å²) in [4.78, 5) is 0. The second-order valence-corrected chi connectivity index (χ2v) is 7.00. The minimum Gasteiger partial charge on any atom is -0.313 e. The van der Waals surface area contributed by atoms with Crippen LogP contribution in [-0.4, -0.2) is 20.2 Å². The third-order valence-electron chi connectivity index (χ3n) is 3.51. The van der Waals surface area contributed by atoms with Crippen molar-refractivity contribution < 1.29 is 8.42 Å². The van der Waals surface area contributed by atoms with Gasteiger partial charge in [-0.2, -0.15) is 0 Å². The molecule has 0 spiro atoms. The van der Waals surface area contributed by atoms with E-state index >= 15 is 0 Å². The van der Waals surface area contributed by atoms with Crippen molar-refractivity contribution in [1.29, 1.82) is 0 Å². The van der Waals surface area contributed by atoms with Crippen LogP contribution in [0.1, 0.15) is 38.2 Å². The maximum absolute atomic E-state index is 12.2. The Balaban J connectivity index is 2.05. The summed E-state index contributed by atoms with van der Waals surface area (Å²) in [5.41, 5.74) is 1.76. The topological polar surface area (TPSA) is 58.2 Å². The van der Waals surface area contributed by atoms with Gasteiger partial charge in [-0.25, -0.2) is 8.42 Å². The Hall–Kier alpha value is -1.07. The highest BCUT2D eigenvalue weighted by Crippen LogP contribution is 2.26. The molecule has 19 heavy (non-hydrogen) atoms. The number of hydrogen-bond donors (Lipinski definition) is 2. The molecule has 0 amide bonds. The summed E-state index contributed by atoms with van der Waals surface area (Å²) < 4.78 is 27.1. The van der Waals surface area contributed by atoms with Crippen LogP contribution in [0.4, 0.5) is 5.69 Å². The lowest BCUT2D eigenvalue weighted by Crippen LogP contribution is -2.25. The minimum absolute atomic E-state index is 0.218. The van der Waals surface area contributed by atoms with Crippen LogP contribution in [0, 0.1) is 0 Å². The molecule has 2 N–H and O–H groups in total. The van der Waals surface area contributed by atoms with Gasteiger partial charge in [0.2, 0.25) is 10.0 Å². The maximum Gasteiger partial charge on any atom is 0.235 e. The van der Waals surface area contributed by atoms with Crippen LogP contribution in [0.15, 0.2) is 24.3 Å². The van der Waals surface area contributed by atoms with E-state index in [4.69, 9.17) is 0 Å². The second kappa shape index (κ2) is 6.39. The number of anilines is 1. The highest BCUT2D eigenvalue weighted by molar-refractivity contribution is 7.93. The Morgan fingerprint density at radius 2 is 2.00 bits per heavy atom. The van der Waals surface area contributed by atoms with E-state index in [9.17, 15) is 8.42 Å². The Bertz CT molecular complexity index is 508. The largest absolute Gasteiger partial charge is 0.313 e. The lowest BCUT2D eigenvalue weighted by atomic mass is 10.2. The molecule has 0 aliphatic heterocycles. The van der Waals surface area contributed by atoms with Gasteiger partial charge in [0.05, 0.1) is 5.25 Å². The predicted molar refractivity (Wildman–Crippen MR) is 78.6 cm³/mol. The van der Waals surface area contributed by atoms with E-state index in [1.165, 1.54) is 0 Å². The molecular weight excluding hydrogens is 260 g/mol. The van der Waals surface area contributed by atoms with Crippen molar-refractivity contribution in [1.82, 2.24) is 5.32 Å². The van der Waals surface area contributed by atoms with Crippen LogP contribution in [0.3, 0.4) is 0 Å². The molecular formula is C14H22N2O2S. The van der Waals surface area contributed by atoms with Crippen LogP contribution in [0.5, 0.6) is 0 Å². The van der Waals surface area contributed by atoms with Gasteiger partial charge in [-0.15, -0.1) is 0 Å². The third-order valence-corrected chi connectivity index (χ3v) is 5.38. The molecule has 1 aliphatic rings. The molecule has 106 valence electrons. The minimum atomic E-state index is -3.22. The summed E-state index contributed by atoms with van der Waals surface area (Å²) in [5, 5.41) is 3.01. The molecule has 2 rings (SSSR count). The normalized spacial score (nSPS) is 16.7. The van der Waals surface area contributed by atoms with Crippen LogP contribution >= 0.6 is 0 Å². The molecule has 0 unspecified atom stereocenters. The Morgan fingerprint density at radius 1 is 1.26 bits per heavy atom. The molecule has 0 bridgehead atoms. The van der Waals surface area contributed by atoms with Gasteiger partial charge in [0.1, 0.15) is 0 Å². The fraction of sp³-hybridized carbons (Fsp3) is 0.571. The van der Waals surface area contributed by atoms with Gasteiger partial charge in [-0.05, 0) is 37.1 Å². The standard InChI is InChI=1S/C14H22N2O2S/c1-2-15-11-12-6-5-7-13(10-12)16-19(17,18)14-8-3-4-9-14/h5-7,10,14-16H,2-4,8-9,11H2,1H3. The quantitative estimate of drug-likeness (QED) is 0.842. The highest BCUT2D eigenvalue weighted by atomic mass is 32.2. The molecule has 1 aromatic carbocycles. The molecule has 0 aromatic heterocycles. The first-order valence-corrected chi connectivity index (χ1v) is 8.48. The van der Waals surface area contributed by atoms with Crippen molar-refractivity contribution in [3.05, 3.63) is 29.8 Å². The lowest BCUT2D eigenvalue weighted by Gasteiger charge is -2.14. The van der Waals surface area contributed by atoms with Crippen LogP contribution in [0.2, 0.25) is 0 Å². The number of nitrogens with one attached hydrogen (secondary N) is 2. The zero-order chi connectivity index (χ0) is 13.7. The summed E-state index contributed by atoms with van der Waals surface area (Å²) in [7, 11) is -3.22. The van der Waals surface area contributed by atoms with E-state index in [-0.39, 0.29) is 5.25 Å². The maximum atomic E-state index is 12.2. The van der Waals surface area contributed by atoms with Gasteiger partial charge in [-0.3, -0.25) is 4.72 Å². The molecule has 1 fully saturated rings. The molecule has 0 atom stereocenters. The SMILES string of the molecule is CCNCc1cccc(NS(=O)(=O)C2CCCC2)c1. The summed E-state index contributed by atoms with van der Waals surface area (Å²) in [6, 6.07) is 7.59. The summed E-state index contributed by atoms with van der Waals surface area (Å²) in [6.07, 6.45) is 3.61. The van der Waals surface area contributed by atoms with Gasteiger partial charge in [-0.1, -0.05) is 31.9 Å². The van der Waals surface area contributed by atoms with Crippen LogP contribution < -0.4 is 10.0 Å². The molecule has 4 nitrogen and oxygen atoms in total. The second-order valence-electron chi connectivity index (χ2n) is 5.03. The molecule has 0 saturated heterocycles. The first-order chi connectivity index (χ1) is 9.12. The number of hydrogen-bond acceptors (Lipinski definition) is 3. The van der Waals surface area contributed by atoms with Crippen molar-refractivity contribution in [2.45, 2.75) is 44.4 Å². The molecule has 1 aromatic rings. The average molecular weight is 282 g/mol. The fourth-order valence-electron chi connectivity index (χ4n) is 2.46. The van der Waals surface area contributed by atoms with E-state index in [0.29, 0.717) is 5.69 Å². The van der Waals surface area contributed by atoms with Gasteiger partial charge >= 0.3 is 0 Å². The van der Waals surface area contributed by atoms with Crippen LogP contribution in [-0.2, 0) is 16.6 Å². The van der Waals surface area contributed by atoms with E-state index < -0.39 is 10.0 Å². The molecule has 0 radical (unpaired) electrons. The molecule has 0 heterocycles. The third kappa shape index (κ3) is 3.94. The first-order valence-electron chi connectivity index (χ1n) is 6.93. The Labute approximate surface area is 115 Å². The number of sulfonamides is 1. The van der Waals surface area contributed by atoms with Crippen molar-refractivity contribution in [2.75, 3.05) is 11.3 Å². The van der Waals surface area contributed by atoms with Gasteiger partial charge in [0, 0.05) is 12.2 Å². The van der Waals surface area contributed by atoms with Crippen LogP contribution in [0.25, 0.3) is 0 Å². The predicted octanol–water partition coefficient (Wildman–Crippen LogP) is 2.48. The van der Waals surface area contributed by atoms with E-state index in [0.717, 1.165) is 44.3 Å². The summed E-state index contributed by atoms with van der Waals surface area (Å²) in [6.45, 7) is 3.71. The lowest BCUT2D eigenvalue weighted by molar-refractivity contribution is 0.585. The molecule has 5 heteroatoms. The van der Waals surface area contributed by atoms with Crippen molar-refractivity contribution >= 4 is 15.7 Å². The smallest absolute Gasteiger partial charge is 0.235 e. The Morgan fingerprint density at radius 3 is 2.68 bits per heavy atom. The van der Waals surface area contributed by atoms with E-state index in [1.54, 1.807) is 0 Å². The van der Waals surface area contributed by atoms with Gasteiger partial charge in [0.15, 0.2) is 0 Å². The Kier molecular flexibility index (Phi) is 4.82. The van der Waals surface area contributed by atoms with Crippen molar-refractivity contribution in [2.24, 2.45) is 0 Å². The zero-order valence-electron chi connectivity index (χ0n) is 11.4. The van der Waals surface area contributed by atoms with Gasteiger partial charge < -0.3 is 5.32 Å².